The summed E-state index contributed by atoms with van der Waals surface area (Å²) in [5.74, 6) is -0.0994. The number of hydrogen-bond acceptors (Lipinski definition) is 5. The van der Waals surface area contributed by atoms with Gasteiger partial charge in [0, 0.05) is 18.3 Å². The maximum absolute atomic E-state index is 11.5. The molecule has 1 atom stereocenters. The van der Waals surface area contributed by atoms with Crippen LogP contribution in [0.15, 0.2) is 12.4 Å². The highest BCUT2D eigenvalue weighted by molar-refractivity contribution is 5.75. The van der Waals surface area contributed by atoms with Gasteiger partial charge in [0.2, 0.25) is 0 Å². The van der Waals surface area contributed by atoms with E-state index in [4.69, 9.17) is 9.84 Å². The number of ether oxygens (including phenoxy) is 1. The van der Waals surface area contributed by atoms with Crippen molar-refractivity contribution in [1.29, 1.82) is 0 Å². The molecule has 0 saturated carbocycles. The van der Waals surface area contributed by atoms with Crippen LogP contribution in [0.25, 0.3) is 0 Å². The molecule has 6 nitrogen and oxygen atoms in total. The number of nitrogens with one attached hydrogen (secondary N) is 1. The van der Waals surface area contributed by atoms with E-state index in [0.29, 0.717) is 13.1 Å². The molecule has 1 aromatic heterocycles. The van der Waals surface area contributed by atoms with Gasteiger partial charge in [-0.3, -0.25) is 14.8 Å². The molecule has 0 bridgehead atoms. The van der Waals surface area contributed by atoms with E-state index in [2.05, 4.69) is 10.4 Å². The predicted octanol–water partition coefficient (Wildman–Crippen LogP) is 0.163. The van der Waals surface area contributed by atoms with E-state index in [9.17, 15) is 4.79 Å². The average Bonchev–Trinajstić information content (AvgIpc) is 2.77. The summed E-state index contributed by atoms with van der Waals surface area (Å²) >= 11 is 0. The monoisotopic (exact) mass is 255 g/mol. The van der Waals surface area contributed by atoms with Gasteiger partial charge in [0.25, 0.3) is 0 Å². The van der Waals surface area contributed by atoms with Crippen molar-refractivity contribution in [2.75, 3.05) is 13.7 Å². The molecule has 0 fully saturated rings. The summed E-state index contributed by atoms with van der Waals surface area (Å²) in [4.78, 5) is 11.5. The Balaban J connectivity index is 2.53. The van der Waals surface area contributed by atoms with Crippen molar-refractivity contribution in [2.45, 2.75) is 33.0 Å². The van der Waals surface area contributed by atoms with Crippen molar-refractivity contribution in [3.8, 4) is 0 Å². The molecule has 0 aliphatic heterocycles. The number of carbonyl (C=O) groups excluding carboxylic acids is 1. The highest BCUT2D eigenvalue weighted by Crippen LogP contribution is 2.05. The Hall–Kier alpha value is -1.40. The van der Waals surface area contributed by atoms with Crippen LogP contribution in [0.4, 0.5) is 0 Å². The Morgan fingerprint density at radius 3 is 2.89 bits per heavy atom. The number of aliphatic hydroxyl groups is 1. The van der Waals surface area contributed by atoms with Crippen molar-refractivity contribution >= 4 is 5.97 Å². The minimum Gasteiger partial charge on any atom is -0.468 e. The number of nitrogens with zero attached hydrogens (tertiary/aromatic N) is 2. The Kier molecular flexibility index (Phi) is 5.80. The molecule has 0 aliphatic carbocycles. The van der Waals surface area contributed by atoms with E-state index in [0.717, 1.165) is 5.56 Å². The topological polar surface area (TPSA) is 76.4 Å². The Morgan fingerprint density at radius 2 is 2.33 bits per heavy atom. The van der Waals surface area contributed by atoms with E-state index < -0.39 is 0 Å². The average molecular weight is 255 g/mol. The molecule has 18 heavy (non-hydrogen) atoms. The first-order valence-corrected chi connectivity index (χ1v) is 6.02. The van der Waals surface area contributed by atoms with E-state index in [-0.39, 0.29) is 24.5 Å². The van der Waals surface area contributed by atoms with Crippen LogP contribution in [0.1, 0.15) is 19.4 Å². The fraction of sp³-hybridized carbons (Fsp3) is 0.667. The first-order valence-electron chi connectivity index (χ1n) is 6.02. The van der Waals surface area contributed by atoms with Crippen molar-refractivity contribution in [3.63, 3.8) is 0 Å². The van der Waals surface area contributed by atoms with E-state index in [1.807, 2.05) is 20.0 Å². The number of carbonyl (C=O) groups is 1. The third kappa shape index (κ3) is 4.12. The molecule has 1 heterocycles. The van der Waals surface area contributed by atoms with Crippen molar-refractivity contribution in [3.05, 3.63) is 18.0 Å². The molecule has 102 valence electrons. The van der Waals surface area contributed by atoms with Crippen LogP contribution in [-0.2, 0) is 22.6 Å². The summed E-state index contributed by atoms with van der Waals surface area (Å²) in [6.45, 7) is 5.01. The SMILES string of the molecule is COC(=O)C(NCc1cnn(CCO)c1)C(C)C. The minimum absolute atomic E-state index is 0.0608. The predicted molar refractivity (Wildman–Crippen MR) is 66.8 cm³/mol. The van der Waals surface area contributed by atoms with E-state index >= 15 is 0 Å². The summed E-state index contributed by atoms with van der Waals surface area (Å²) in [5, 5.41) is 16.0. The molecule has 6 heteroatoms. The van der Waals surface area contributed by atoms with Gasteiger partial charge in [0.1, 0.15) is 6.04 Å². The van der Waals surface area contributed by atoms with Gasteiger partial charge in [0.15, 0.2) is 0 Å². The molecular formula is C12H21N3O3. The number of esters is 1. The summed E-state index contributed by atoms with van der Waals surface area (Å²) < 4.78 is 6.42. The highest BCUT2D eigenvalue weighted by Gasteiger charge is 2.22. The first kappa shape index (κ1) is 14.7. The van der Waals surface area contributed by atoms with Gasteiger partial charge >= 0.3 is 5.97 Å². The van der Waals surface area contributed by atoms with Crippen LogP contribution >= 0.6 is 0 Å². The zero-order valence-electron chi connectivity index (χ0n) is 11.1. The Labute approximate surface area is 107 Å². The second kappa shape index (κ2) is 7.13. The minimum atomic E-state index is -0.323. The van der Waals surface area contributed by atoms with E-state index in [1.54, 1.807) is 10.9 Å². The quantitative estimate of drug-likeness (QED) is 0.679. The molecule has 0 aromatic carbocycles. The molecule has 2 N–H and O–H groups in total. The molecule has 0 amide bonds. The third-order valence-electron chi connectivity index (χ3n) is 2.66. The van der Waals surface area contributed by atoms with Crippen molar-refractivity contribution < 1.29 is 14.6 Å². The summed E-state index contributed by atoms with van der Waals surface area (Å²) in [6, 6.07) is -0.323. The first-order chi connectivity index (χ1) is 8.58. The lowest BCUT2D eigenvalue weighted by molar-refractivity contribution is -0.144. The lowest BCUT2D eigenvalue weighted by Gasteiger charge is -2.19. The van der Waals surface area contributed by atoms with Gasteiger partial charge in [-0.2, -0.15) is 5.10 Å². The normalized spacial score (nSPS) is 12.7. The largest absolute Gasteiger partial charge is 0.468 e. The van der Waals surface area contributed by atoms with Gasteiger partial charge in [0.05, 0.1) is 26.5 Å². The third-order valence-corrected chi connectivity index (χ3v) is 2.66. The summed E-state index contributed by atoms with van der Waals surface area (Å²) in [6.07, 6.45) is 3.56. The standard InChI is InChI=1S/C12H21N3O3/c1-9(2)11(12(17)18-3)13-6-10-7-14-15(8-10)4-5-16/h7-9,11,13,16H,4-6H2,1-3H3. The fourth-order valence-electron chi connectivity index (χ4n) is 1.67. The fourth-order valence-corrected chi connectivity index (χ4v) is 1.67. The molecule has 0 radical (unpaired) electrons. The van der Waals surface area contributed by atoms with Crippen LogP contribution in [0.5, 0.6) is 0 Å². The van der Waals surface area contributed by atoms with Gasteiger partial charge < -0.3 is 9.84 Å². The molecule has 1 rings (SSSR count). The number of aliphatic hydroxyl groups excluding tert-OH is 1. The second-order valence-electron chi connectivity index (χ2n) is 4.46. The van der Waals surface area contributed by atoms with E-state index in [1.165, 1.54) is 7.11 Å². The Morgan fingerprint density at radius 1 is 1.61 bits per heavy atom. The number of aromatic nitrogens is 2. The van der Waals surface area contributed by atoms with Crippen LogP contribution in [0.2, 0.25) is 0 Å². The molecule has 0 aliphatic rings. The van der Waals surface area contributed by atoms with Crippen LogP contribution in [0.3, 0.4) is 0 Å². The highest BCUT2D eigenvalue weighted by atomic mass is 16.5. The lowest BCUT2D eigenvalue weighted by Crippen LogP contribution is -2.41. The van der Waals surface area contributed by atoms with Crippen LogP contribution in [0, 0.1) is 5.92 Å². The zero-order chi connectivity index (χ0) is 13.5. The van der Waals surface area contributed by atoms with Crippen LogP contribution in [-0.4, -0.2) is 40.6 Å². The smallest absolute Gasteiger partial charge is 0.323 e. The van der Waals surface area contributed by atoms with Gasteiger partial charge in [-0.05, 0) is 5.92 Å². The number of methoxy groups -OCH3 is 1. The molecule has 0 spiro atoms. The zero-order valence-corrected chi connectivity index (χ0v) is 11.1. The number of rotatable bonds is 7. The molecule has 1 unspecified atom stereocenters. The maximum Gasteiger partial charge on any atom is 0.323 e. The van der Waals surface area contributed by atoms with Gasteiger partial charge in [-0.25, -0.2) is 0 Å². The lowest BCUT2D eigenvalue weighted by atomic mass is 10.0. The van der Waals surface area contributed by atoms with Crippen molar-refractivity contribution in [1.82, 2.24) is 15.1 Å². The number of hydrogen-bond donors (Lipinski definition) is 2. The molecule has 1 aromatic rings. The Bertz CT molecular complexity index is 376. The molecular weight excluding hydrogens is 234 g/mol. The van der Waals surface area contributed by atoms with Gasteiger partial charge in [-0.1, -0.05) is 13.8 Å². The summed E-state index contributed by atoms with van der Waals surface area (Å²) in [7, 11) is 1.39. The summed E-state index contributed by atoms with van der Waals surface area (Å²) in [5.41, 5.74) is 0.970. The molecule has 0 saturated heterocycles. The second-order valence-corrected chi connectivity index (χ2v) is 4.46. The van der Waals surface area contributed by atoms with Gasteiger partial charge in [-0.15, -0.1) is 0 Å². The van der Waals surface area contributed by atoms with Crippen LogP contribution < -0.4 is 5.32 Å². The maximum atomic E-state index is 11.5. The van der Waals surface area contributed by atoms with Crippen molar-refractivity contribution in [2.24, 2.45) is 5.92 Å².